The summed E-state index contributed by atoms with van der Waals surface area (Å²) in [6.45, 7) is 2.83. The first kappa shape index (κ1) is 12.7. The fourth-order valence-electron chi connectivity index (χ4n) is 2.62. The van der Waals surface area contributed by atoms with Crippen LogP contribution >= 0.6 is 0 Å². The number of nitriles is 1. The zero-order chi connectivity index (χ0) is 13.9. The van der Waals surface area contributed by atoms with Crippen molar-refractivity contribution in [3.05, 3.63) is 64.7 Å². The van der Waals surface area contributed by atoms with Crippen LogP contribution in [0.15, 0.2) is 42.5 Å². The smallest absolute Gasteiger partial charge is 0.119 e. The third kappa shape index (κ3) is 2.52. The largest absolute Gasteiger partial charge is 0.497 e. The van der Waals surface area contributed by atoms with E-state index in [-0.39, 0.29) is 0 Å². The Morgan fingerprint density at radius 3 is 2.55 bits per heavy atom. The van der Waals surface area contributed by atoms with Gasteiger partial charge in [-0.2, -0.15) is 5.26 Å². The second kappa shape index (κ2) is 5.36. The number of ether oxygens (including phenoxy) is 1. The Bertz CT molecular complexity index is 656. The third-order valence-electron chi connectivity index (χ3n) is 3.69. The third-order valence-corrected chi connectivity index (χ3v) is 3.69. The number of nitrogens with zero attached hydrogens (tertiary/aromatic N) is 2. The quantitative estimate of drug-likeness (QED) is 0.854. The predicted octanol–water partition coefficient (Wildman–Crippen LogP) is 3.08. The highest BCUT2D eigenvalue weighted by molar-refractivity contribution is 5.38. The van der Waals surface area contributed by atoms with Crippen molar-refractivity contribution >= 4 is 0 Å². The molecule has 0 unspecified atom stereocenters. The average Bonchev–Trinajstić information content (AvgIpc) is 2.89. The molecule has 3 heteroatoms. The van der Waals surface area contributed by atoms with Crippen molar-refractivity contribution in [1.82, 2.24) is 4.90 Å². The number of benzene rings is 2. The van der Waals surface area contributed by atoms with E-state index in [4.69, 9.17) is 10.00 Å². The molecular weight excluding hydrogens is 248 g/mol. The Labute approximate surface area is 119 Å². The van der Waals surface area contributed by atoms with Gasteiger partial charge in [0.2, 0.25) is 0 Å². The van der Waals surface area contributed by atoms with Crippen molar-refractivity contribution < 1.29 is 4.74 Å². The minimum absolute atomic E-state index is 0.711. The zero-order valence-electron chi connectivity index (χ0n) is 11.5. The molecule has 1 aliphatic rings. The van der Waals surface area contributed by atoms with E-state index in [1.165, 1.54) is 16.7 Å². The molecule has 0 aromatic heterocycles. The molecule has 0 saturated heterocycles. The maximum Gasteiger partial charge on any atom is 0.119 e. The number of hydrogen-bond donors (Lipinski definition) is 0. The van der Waals surface area contributed by atoms with Crippen LogP contribution in [0.1, 0.15) is 22.3 Å². The second-order valence-corrected chi connectivity index (χ2v) is 5.09. The summed E-state index contributed by atoms with van der Waals surface area (Å²) in [4.78, 5) is 2.39. The molecule has 100 valence electrons. The molecule has 0 bridgehead atoms. The van der Waals surface area contributed by atoms with E-state index in [0.29, 0.717) is 5.56 Å². The van der Waals surface area contributed by atoms with E-state index in [1.54, 1.807) is 7.11 Å². The average molecular weight is 264 g/mol. The molecule has 0 fully saturated rings. The summed E-state index contributed by atoms with van der Waals surface area (Å²) in [5, 5.41) is 8.81. The van der Waals surface area contributed by atoms with Crippen LogP contribution in [0, 0.1) is 11.3 Å². The predicted molar refractivity (Wildman–Crippen MR) is 77.1 cm³/mol. The summed E-state index contributed by atoms with van der Waals surface area (Å²) in [7, 11) is 1.70. The van der Waals surface area contributed by atoms with Gasteiger partial charge in [-0.1, -0.05) is 18.2 Å². The zero-order valence-corrected chi connectivity index (χ0v) is 11.5. The first-order valence-electron chi connectivity index (χ1n) is 6.65. The van der Waals surface area contributed by atoms with Gasteiger partial charge in [0.15, 0.2) is 0 Å². The first-order chi connectivity index (χ1) is 9.78. The van der Waals surface area contributed by atoms with Gasteiger partial charge in [-0.05, 0) is 41.0 Å². The lowest BCUT2D eigenvalue weighted by Crippen LogP contribution is -2.15. The van der Waals surface area contributed by atoms with Crippen molar-refractivity contribution in [2.45, 2.75) is 19.6 Å². The normalized spacial score (nSPS) is 13.8. The van der Waals surface area contributed by atoms with Gasteiger partial charge >= 0.3 is 0 Å². The molecule has 1 heterocycles. The summed E-state index contributed by atoms with van der Waals surface area (Å²) in [5.74, 6) is 0.920. The van der Waals surface area contributed by atoms with Gasteiger partial charge in [0, 0.05) is 19.6 Å². The standard InChI is InChI=1S/C17H16N2O/c1-20-17-7-6-15-11-19(12-16(15)8-17)10-14-4-2-13(9-18)3-5-14/h2-8H,10-12H2,1H3. The lowest BCUT2D eigenvalue weighted by molar-refractivity contribution is 0.275. The molecule has 20 heavy (non-hydrogen) atoms. The van der Waals surface area contributed by atoms with Crippen molar-refractivity contribution in [2.24, 2.45) is 0 Å². The molecule has 0 spiro atoms. The van der Waals surface area contributed by atoms with E-state index in [0.717, 1.165) is 25.4 Å². The molecule has 0 saturated carbocycles. The summed E-state index contributed by atoms with van der Waals surface area (Å²) in [6, 6.07) is 16.2. The SMILES string of the molecule is COc1ccc2c(c1)CN(Cc1ccc(C#N)cc1)C2. The number of rotatable bonds is 3. The lowest BCUT2D eigenvalue weighted by atomic mass is 10.1. The van der Waals surface area contributed by atoms with E-state index >= 15 is 0 Å². The minimum atomic E-state index is 0.711. The van der Waals surface area contributed by atoms with Crippen molar-refractivity contribution in [3.63, 3.8) is 0 Å². The number of fused-ring (bicyclic) bond motifs is 1. The van der Waals surface area contributed by atoms with Crippen LogP contribution in [-0.4, -0.2) is 12.0 Å². The minimum Gasteiger partial charge on any atom is -0.497 e. The van der Waals surface area contributed by atoms with E-state index in [1.807, 2.05) is 30.3 Å². The summed E-state index contributed by atoms with van der Waals surface area (Å²) in [6.07, 6.45) is 0. The summed E-state index contributed by atoms with van der Waals surface area (Å²) < 4.78 is 5.27. The topological polar surface area (TPSA) is 36.3 Å². The Morgan fingerprint density at radius 1 is 1.10 bits per heavy atom. The van der Waals surface area contributed by atoms with Crippen LogP contribution in [0.25, 0.3) is 0 Å². The lowest BCUT2D eigenvalue weighted by Gasteiger charge is -2.14. The molecule has 2 aromatic rings. The molecule has 3 rings (SSSR count). The maximum atomic E-state index is 8.81. The second-order valence-electron chi connectivity index (χ2n) is 5.09. The Balaban J connectivity index is 1.70. The molecule has 0 radical (unpaired) electrons. The number of hydrogen-bond acceptors (Lipinski definition) is 3. The van der Waals surface area contributed by atoms with Crippen molar-refractivity contribution in [2.75, 3.05) is 7.11 Å². The monoisotopic (exact) mass is 264 g/mol. The highest BCUT2D eigenvalue weighted by Gasteiger charge is 2.19. The van der Waals surface area contributed by atoms with Gasteiger partial charge in [-0.15, -0.1) is 0 Å². The van der Waals surface area contributed by atoms with Crippen LogP contribution < -0.4 is 4.74 Å². The maximum absolute atomic E-state index is 8.81. The van der Waals surface area contributed by atoms with Gasteiger partial charge in [0.25, 0.3) is 0 Å². The van der Waals surface area contributed by atoms with Crippen LogP contribution in [-0.2, 0) is 19.6 Å². The molecule has 0 aliphatic carbocycles. The Hall–Kier alpha value is -2.31. The van der Waals surface area contributed by atoms with Gasteiger partial charge in [-0.3, -0.25) is 4.90 Å². The Kier molecular flexibility index (Phi) is 3.41. The van der Waals surface area contributed by atoms with Crippen LogP contribution in [0.4, 0.5) is 0 Å². The Morgan fingerprint density at radius 2 is 1.85 bits per heavy atom. The van der Waals surface area contributed by atoms with Gasteiger partial charge in [-0.25, -0.2) is 0 Å². The van der Waals surface area contributed by atoms with Gasteiger partial charge < -0.3 is 4.74 Å². The van der Waals surface area contributed by atoms with Gasteiger partial charge in [0.1, 0.15) is 5.75 Å². The fraction of sp³-hybridized carbons (Fsp3) is 0.235. The molecule has 0 amide bonds. The van der Waals surface area contributed by atoms with E-state index in [9.17, 15) is 0 Å². The van der Waals surface area contributed by atoms with Crippen molar-refractivity contribution in [1.29, 1.82) is 5.26 Å². The molecule has 1 aliphatic heterocycles. The molecular formula is C17H16N2O. The fourth-order valence-corrected chi connectivity index (χ4v) is 2.62. The highest BCUT2D eigenvalue weighted by atomic mass is 16.5. The molecule has 0 N–H and O–H groups in total. The van der Waals surface area contributed by atoms with Gasteiger partial charge in [0.05, 0.1) is 18.7 Å². The first-order valence-corrected chi connectivity index (χ1v) is 6.65. The molecule has 0 atom stereocenters. The van der Waals surface area contributed by atoms with Crippen molar-refractivity contribution in [3.8, 4) is 11.8 Å². The van der Waals surface area contributed by atoms with Crippen LogP contribution in [0.3, 0.4) is 0 Å². The van der Waals surface area contributed by atoms with E-state index < -0.39 is 0 Å². The van der Waals surface area contributed by atoms with E-state index in [2.05, 4.69) is 23.1 Å². The summed E-state index contributed by atoms with van der Waals surface area (Å²) >= 11 is 0. The number of methoxy groups -OCH3 is 1. The molecule has 2 aromatic carbocycles. The molecule has 3 nitrogen and oxygen atoms in total. The highest BCUT2D eigenvalue weighted by Crippen LogP contribution is 2.27. The van der Waals surface area contributed by atoms with Crippen LogP contribution in [0.5, 0.6) is 5.75 Å². The summed E-state index contributed by atoms with van der Waals surface area (Å²) in [5.41, 5.74) is 4.67. The van der Waals surface area contributed by atoms with Crippen LogP contribution in [0.2, 0.25) is 0 Å².